The molecule has 96 valence electrons. The number of aliphatic hydroxyl groups excluding tert-OH is 1. The van der Waals surface area contributed by atoms with Crippen LogP contribution in [0.15, 0.2) is 30.3 Å². The van der Waals surface area contributed by atoms with E-state index in [1.165, 1.54) is 37.7 Å². The molecule has 1 aromatic rings. The zero-order valence-electron chi connectivity index (χ0n) is 11.1. The van der Waals surface area contributed by atoms with E-state index in [0.29, 0.717) is 12.5 Å². The SMILES string of the molecule is CCCCCC(CCCCO)c1ccccc1. The summed E-state index contributed by atoms with van der Waals surface area (Å²) in [6.07, 6.45) is 8.55. The lowest BCUT2D eigenvalue weighted by Gasteiger charge is -2.17. The molecule has 0 aliphatic carbocycles. The van der Waals surface area contributed by atoms with Crippen molar-refractivity contribution in [2.24, 2.45) is 0 Å². The topological polar surface area (TPSA) is 20.2 Å². The van der Waals surface area contributed by atoms with E-state index < -0.39 is 0 Å². The molecule has 0 fully saturated rings. The third kappa shape index (κ3) is 5.88. The normalized spacial score (nSPS) is 12.6. The van der Waals surface area contributed by atoms with Crippen LogP contribution < -0.4 is 0 Å². The van der Waals surface area contributed by atoms with Gasteiger partial charge in [-0.15, -0.1) is 0 Å². The molecule has 0 amide bonds. The van der Waals surface area contributed by atoms with Gasteiger partial charge in [0, 0.05) is 6.61 Å². The first-order valence-electron chi connectivity index (χ1n) is 7.04. The van der Waals surface area contributed by atoms with Gasteiger partial charge in [0.1, 0.15) is 0 Å². The van der Waals surface area contributed by atoms with Gasteiger partial charge in [-0.25, -0.2) is 0 Å². The zero-order valence-corrected chi connectivity index (χ0v) is 11.1. The molecule has 1 N–H and O–H groups in total. The summed E-state index contributed by atoms with van der Waals surface area (Å²) in [7, 11) is 0. The second-order valence-corrected chi connectivity index (χ2v) is 4.82. The van der Waals surface area contributed by atoms with E-state index in [-0.39, 0.29) is 0 Å². The summed E-state index contributed by atoms with van der Waals surface area (Å²) in [6, 6.07) is 10.8. The van der Waals surface area contributed by atoms with Crippen LogP contribution in [0.4, 0.5) is 0 Å². The monoisotopic (exact) mass is 234 g/mol. The van der Waals surface area contributed by atoms with E-state index in [0.717, 1.165) is 12.8 Å². The lowest BCUT2D eigenvalue weighted by atomic mass is 9.89. The van der Waals surface area contributed by atoms with Gasteiger partial charge < -0.3 is 5.11 Å². The molecule has 0 aromatic heterocycles. The molecule has 0 radical (unpaired) electrons. The van der Waals surface area contributed by atoms with Crippen LogP contribution in [0.3, 0.4) is 0 Å². The Labute approximate surface area is 106 Å². The average Bonchev–Trinajstić information content (AvgIpc) is 2.38. The Balaban J connectivity index is 2.46. The van der Waals surface area contributed by atoms with Gasteiger partial charge in [0.25, 0.3) is 0 Å². The molecular formula is C16H26O. The van der Waals surface area contributed by atoms with Crippen molar-refractivity contribution in [3.8, 4) is 0 Å². The van der Waals surface area contributed by atoms with Crippen molar-refractivity contribution in [1.82, 2.24) is 0 Å². The molecule has 0 bridgehead atoms. The second kappa shape index (κ2) is 9.23. The van der Waals surface area contributed by atoms with Crippen molar-refractivity contribution in [3.63, 3.8) is 0 Å². The Hall–Kier alpha value is -0.820. The Morgan fingerprint density at radius 3 is 2.18 bits per heavy atom. The van der Waals surface area contributed by atoms with E-state index in [4.69, 9.17) is 5.11 Å². The first-order chi connectivity index (χ1) is 8.38. The predicted molar refractivity (Wildman–Crippen MR) is 74.3 cm³/mol. The van der Waals surface area contributed by atoms with Gasteiger partial charge in [0.05, 0.1) is 0 Å². The quantitative estimate of drug-likeness (QED) is 0.623. The van der Waals surface area contributed by atoms with Gasteiger partial charge in [-0.3, -0.25) is 0 Å². The number of hydrogen-bond donors (Lipinski definition) is 1. The smallest absolute Gasteiger partial charge is 0.0431 e. The van der Waals surface area contributed by atoms with Gasteiger partial charge in [0.15, 0.2) is 0 Å². The summed E-state index contributed by atoms with van der Waals surface area (Å²) in [4.78, 5) is 0. The molecule has 1 atom stereocenters. The van der Waals surface area contributed by atoms with E-state index in [2.05, 4.69) is 37.3 Å². The second-order valence-electron chi connectivity index (χ2n) is 4.82. The molecule has 17 heavy (non-hydrogen) atoms. The van der Waals surface area contributed by atoms with Crippen LogP contribution in [0.2, 0.25) is 0 Å². The average molecular weight is 234 g/mol. The fourth-order valence-corrected chi connectivity index (χ4v) is 2.35. The number of unbranched alkanes of at least 4 members (excludes halogenated alkanes) is 3. The summed E-state index contributed by atoms with van der Waals surface area (Å²) in [6.45, 7) is 2.58. The third-order valence-electron chi connectivity index (χ3n) is 3.39. The van der Waals surface area contributed by atoms with Crippen LogP contribution in [0.1, 0.15) is 63.4 Å². The molecule has 0 heterocycles. The van der Waals surface area contributed by atoms with Crippen molar-refractivity contribution >= 4 is 0 Å². The Morgan fingerprint density at radius 2 is 1.59 bits per heavy atom. The van der Waals surface area contributed by atoms with Crippen molar-refractivity contribution < 1.29 is 5.11 Å². The van der Waals surface area contributed by atoms with E-state index in [9.17, 15) is 0 Å². The van der Waals surface area contributed by atoms with Gasteiger partial charge in [-0.05, 0) is 30.7 Å². The predicted octanol–water partition coefficient (Wildman–Crippen LogP) is 4.51. The molecule has 1 heteroatoms. The number of aliphatic hydroxyl groups is 1. The highest BCUT2D eigenvalue weighted by Crippen LogP contribution is 2.27. The Morgan fingerprint density at radius 1 is 0.941 bits per heavy atom. The van der Waals surface area contributed by atoms with Gasteiger partial charge in [-0.2, -0.15) is 0 Å². The number of rotatable bonds is 9. The minimum absolute atomic E-state index is 0.330. The van der Waals surface area contributed by atoms with E-state index in [1.807, 2.05) is 0 Å². The summed E-state index contributed by atoms with van der Waals surface area (Å²) in [5.74, 6) is 0.689. The van der Waals surface area contributed by atoms with Gasteiger partial charge in [-0.1, -0.05) is 62.9 Å². The lowest BCUT2D eigenvalue weighted by Crippen LogP contribution is -2.00. The van der Waals surface area contributed by atoms with Crippen molar-refractivity contribution in [2.75, 3.05) is 6.61 Å². The molecule has 1 rings (SSSR count). The molecule has 0 aliphatic heterocycles. The summed E-state index contributed by atoms with van der Waals surface area (Å²) < 4.78 is 0. The van der Waals surface area contributed by atoms with Crippen LogP contribution in [0.25, 0.3) is 0 Å². The van der Waals surface area contributed by atoms with Crippen LogP contribution in [-0.2, 0) is 0 Å². The largest absolute Gasteiger partial charge is 0.396 e. The van der Waals surface area contributed by atoms with Crippen molar-refractivity contribution in [1.29, 1.82) is 0 Å². The van der Waals surface area contributed by atoms with Crippen LogP contribution in [0.5, 0.6) is 0 Å². The first-order valence-corrected chi connectivity index (χ1v) is 7.04. The summed E-state index contributed by atoms with van der Waals surface area (Å²) in [5, 5.41) is 8.86. The highest BCUT2D eigenvalue weighted by molar-refractivity contribution is 5.19. The summed E-state index contributed by atoms with van der Waals surface area (Å²) >= 11 is 0. The zero-order chi connectivity index (χ0) is 12.3. The highest BCUT2D eigenvalue weighted by atomic mass is 16.2. The Kier molecular flexibility index (Phi) is 7.74. The molecule has 0 saturated heterocycles. The van der Waals surface area contributed by atoms with Crippen LogP contribution in [0, 0.1) is 0 Å². The fourth-order valence-electron chi connectivity index (χ4n) is 2.35. The highest BCUT2D eigenvalue weighted by Gasteiger charge is 2.10. The molecule has 0 aliphatic rings. The van der Waals surface area contributed by atoms with Crippen LogP contribution >= 0.6 is 0 Å². The van der Waals surface area contributed by atoms with E-state index >= 15 is 0 Å². The van der Waals surface area contributed by atoms with Gasteiger partial charge >= 0.3 is 0 Å². The molecule has 1 unspecified atom stereocenters. The fraction of sp³-hybridized carbons (Fsp3) is 0.625. The maximum absolute atomic E-state index is 8.86. The third-order valence-corrected chi connectivity index (χ3v) is 3.39. The molecule has 0 spiro atoms. The molecule has 1 aromatic carbocycles. The molecule has 1 nitrogen and oxygen atoms in total. The van der Waals surface area contributed by atoms with Crippen molar-refractivity contribution in [2.45, 2.75) is 57.8 Å². The maximum Gasteiger partial charge on any atom is 0.0431 e. The molecular weight excluding hydrogens is 208 g/mol. The standard InChI is InChI=1S/C16H26O/c1-2-3-5-10-15(13-8-9-14-17)16-11-6-4-7-12-16/h4,6-7,11-12,15,17H,2-3,5,8-10,13-14H2,1H3. The maximum atomic E-state index is 8.86. The van der Waals surface area contributed by atoms with Crippen LogP contribution in [-0.4, -0.2) is 11.7 Å². The number of benzene rings is 1. The minimum Gasteiger partial charge on any atom is -0.396 e. The minimum atomic E-state index is 0.330. The first kappa shape index (κ1) is 14.2. The van der Waals surface area contributed by atoms with E-state index in [1.54, 1.807) is 0 Å². The van der Waals surface area contributed by atoms with Gasteiger partial charge in [0.2, 0.25) is 0 Å². The Bertz CT molecular complexity index is 258. The lowest BCUT2D eigenvalue weighted by molar-refractivity contribution is 0.280. The molecule has 0 saturated carbocycles. The number of hydrogen-bond acceptors (Lipinski definition) is 1. The summed E-state index contributed by atoms with van der Waals surface area (Å²) in [5.41, 5.74) is 1.47. The van der Waals surface area contributed by atoms with Crippen molar-refractivity contribution in [3.05, 3.63) is 35.9 Å².